The topological polar surface area (TPSA) is 106 Å². The van der Waals surface area contributed by atoms with E-state index in [1.807, 2.05) is 0 Å². The van der Waals surface area contributed by atoms with E-state index in [2.05, 4.69) is 20.3 Å². The summed E-state index contributed by atoms with van der Waals surface area (Å²) in [6.07, 6.45) is -0.314. The maximum Gasteiger partial charge on any atom is 0.188 e. The number of rotatable bonds is 3. The van der Waals surface area contributed by atoms with Crippen LogP contribution in [0.2, 0.25) is 0 Å². The molecule has 3 N–H and O–H groups in total. The minimum absolute atomic E-state index is 0.0665. The van der Waals surface area contributed by atoms with E-state index in [9.17, 15) is 0 Å². The van der Waals surface area contributed by atoms with Gasteiger partial charge in [-0.2, -0.15) is 4.80 Å². The van der Waals surface area contributed by atoms with E-state index in [4.69, 9.17) is 15.9 Å². The zero-order valence-electron chi connectivity index (χ0n) is 9.13. The predicted octanol–water partition coefficient (Wildman–Crippen LogP) is -1.65. The Bertz CT molecular complexity index is 376. The maximum atomic E-state index is 7.34. The van der Waals surface area contributed by atoms with Crippen LogP contribution in [-0.2, 0) is 18.3 Å². The lowest BCUT2D eigenvalue weighted by atomic mass is 10.2. The molecule has 1 aromatic rings. The molecule has 1 aliphatic heterocycles. The second-order valence-corrected chi connectivity index (χ2v) is 3.75. The molecule has 16 heavy (non-hydrogen) atoms. The molecular formula is C8H15N7O. The first-order valence-corrected chi connectivity index (χ1v) is 5.06. The third kappa shape index (κ3) is 2.52. The quantitative estimate of drug-likeness (QED) is 0.471. The molecule has 0 radical (unpaired) electrons. The van der Waals surface area contributed by atoms with Crippen LogP contribution in [-0.4, -0.2) is 56.7 Å². The molecule has 0 amide bonds. The first-order valence-electron chi connectivity index (χ1n) is 5.06. The van der Waals surface area contributed by atoms with Gasteiger partial charge in [-0.15, -0.1) is 10.2 Å². The number of ether oxygens (including phenoxy) is 1. The fourth-order valence-corrected chi connectivity index (χ4v) is 1.62. The van der Waals surface area contributed by atoms with Crippen LogP contribution >= 0.6 is 0 Å². The Hall–Kier alpha value is -1.54. The van der Waals surface area contributed by atoms with Crippen molar-refractivity contribution in [3.05, 3.63) is 5.82 Å². The molecule has 1 aliphatic rings. The van der Waals surface area contributed by atoms with Gasteiger partial charge < -0.3 is 10.5 Å². The van der Waals surface area contributed by atoms with Gasteiger partial charge >= 0.3 is 0 Å². The van der Waals surface area contributed by atoms with Gasteiger partial charge in [-0.05, 0) is 5.21 Å². The van der Waals surface area contributed by atoms with Gasteiger partial charge in [0.1, 0.15) is 11.9 Å². The van der Waals surface area contributed by atoms with Crippen LogP contribution in [0.1, 0.15) is 5.82 Å². The minimum atomic E-state index is -0.314. The maximum absolute atomic E-state index is 7.34. The molecule has 0 aromatic carbocycles. The zero-order chi connectivity index (χ0) is 11.5. The van der Waals surface area contributed by atoms with Crippen molar-refractivity contribution in [1.82, 2.24) is 25.1 Å². The summed E-state index contributed by atoms with van der Waals surface area (Å²) >= 11 is 0. The average molecular weight is 225 g/mol. The molecular weight excluding hydrogens is 210 g/mol. The van der Waals surface area contributed by atoms with E-state index in [0.717, 1.165) is 6.54 Å². The number of nitrogens with zero attached hydrogens (tertiary/aromatic N) is 5. The fourth-order valence-electron chi connectivity index (χ4n) is 1.62. The second kappa shape index (κ2) is 4.54. The van der Waals surface area contributed by atoms with Gasteiger partial charge in [0, 0.05) is 13.1 Å². The first-order chi connectivity index (χ1) is 7.65. The van der Waals surface area contributed by atoms with Gasteiger partial charge in [0.15, 0.2) is 5.82 Å². The summed E-state index contributed by atoms with van der Waals surface area (Å²) in [6, 6.07) is 0. The van der Waals surface area contributed by atoms with Crippen LogP contribution in [0.5, 0.6) is 0 Å². The molecule has 88 valence electrons. The molecule has 8 heteroatoms. The molecule has 0 bridgehead atoms. The van der Waals surface area contributed by atoms with Crippen molar-refractivity contribution in [3.63, 3.8) is 0 Å². The molecule has 0 saturated carbocycles. The number of morpholine rings is 1. The van der Waals surface area contributed by atoms with Crippen molar-refractivity contribution < 1.29 is 4.74 Å². The van der Waals surface area contributed by atoms with Crippen molar-refractivity contribution in [3.8, 4) is 0 Å². The van der Waals surface area contributed by atoms with Crippen LogP contribution in [0, 0.1) is 5.41 Å². The highest BCUT2D eigenvalue weighted by Gasteiger charge is 2.23. The van der Waals surface area contributed by atoms with Gasteiger partial charge in [0.2, 0.25) is 0 Å². The smallest absolute Gasteiger partial charge is 0.188 e. The third-order valence-electron chi connectivity index (χ3n) is 2.41. The van der Waals surface area contributed by atoms with Crippen LogP contribution in [0.15, 0.2) is 0 Å². The first kappa shape index (κ1) is 11.0. The minimum Gasteiger partial charge on any atom is -0.385 e. The molecule has 1 unspecified atom stereocenters. The Kier molecular flexibility index (Phi) is 3.11. The number of hydrogen-bond donors (Lipinski definition) is 2. The highest BCUT2D eigenvalue weighted by molar-refractivity contribution is 5.82. The van der Waals surface area contributed by atoms with Gasteiger partial charge in [-0.1, -0.05) is 0 Å². The van der Waals surface area contributed by atoms with Gasteiger partial charge in [-0.25, -0.2) is 0 Å². The molecule has 1 fully saturated rings. The summed E-state index contributed by atoms with van der Waals surface area (Å²) in [5, 5.41) is 19.1. The number of aromatic nitrogens is 4. The van der Waals surface area contributed by atoms with Crippen LogP contribution in [0.3, 0.4) is 0 Å². The number of hydrogen-bond acceptors (Lipinski definition) is 6. The number of nitrogens with two attached hydrogens (primary N) is 1. The Morgan fingerprint density at radius 2 is 2.50 bits per heavy atom. The third-order valence-corrected chi connectivity index (χ3v) is 2.41. The van der Waals surface area contributed by atoms with Crippen LogP contribution in [0.4, 0.5) is 0 Å². The van der Waals surface area contributed by atoms with Crippen LogP contribution < -0.4 is 5.73 Å². The van der Waals surface area contributed by atoms with E-state index >= 15 is 0 Å². The lowest BCUT2D eigenvalue weighted by Gasteiger charge is -2.31. The van der Waals surface area contributed by atoms with E-state index in [1.54, 1.807) is 7.05 Å². The molecule has 0 spiro atoms. The van der Waals surface area contributed by atoms with Crippen molar-refractivity contribution in [2.24, 2.45) is 12.8 Å². The highest BCUT2D eigenvalue weighted by Crippen LogP contribution is 2.07. The molecule has 1 atom stereocenters. The number of amidine groups is 1. The van der Waals surface area contributed by atoms with Crippen molar-refractivity contribution in [2.75, 3.05) is 19.7 Å². The predicted molar refractivity (Wildman–Crippen MR) is 55.7 cm³/mol. The Morgan fingerprint density at radius 3 is 3.12 bits per heavy atom. The van der Waals surface area contributed by atoms with E-state index in [-0.39, 0.29) is 11.9 Å². The largest absolute Gasteiger partial charge is 0.385 e. The van der Waals surface area contributed by atoms with Crippen molar-refractivity contribution >= 4 is 5.84 Å². The molecule has 1 saturated heterocycles. The highest BCUT2D eigenvalue weighted by atomic mass is 16.5. The fraction of sp³-hybridized carbons (Fsp3) is 0.750. The summed E-state index contributed by atoms with van der Waals surface area (Å²) in [5.74, 6) is 0.739. The number of aryl methyl sites for hydroxylation is 1. The van der Waals surface area contributed by atoms with Crippen molar-refractivity contribution in [2.45, 2.75) is 12.6 Å². The van der Waals surface area contributed by atoms with E-state index in [0.29, 0.717) is 25.5 Å². The molecule has 2 heterocycles. The normalized spacial score (nSPS) is 22.2. The summed E-state index contributed by atoms with van der Waals surface area (Å²) in [6.45, 7) is 2.58. The Balaban J connectivity index is 1.92. The standard InChI is InChI=1S/C8H15N7O/c1-14-12-7(11-13-14)5-15-2-3-16-6(4-15)8(9)10/h6H,2-5H2,1H3,(H3,9,10). The van der Waals surface area contributed by atoms with Crippen molar-refractivity contribution in [1.29, 1.82) is 5.41 Å². The van der Waals surface area contributed by atoms with Gasteiger partial charge in [0.25, 0.3) is 0 Å². The summed E-state index contributed by atoms with van der Waals surface area (Å²) in [4.78, 5) is 3.53. The molecule has 0 aliphatic carbocycles. The number of nitrogens with one attached hydrogen (secondary N) is 1. The van der Waals surface area contributed by atoms with E-state index < -0.39 is 0 Å². The SMILES string of the molecule is Cn1nnc(CN2CCOC(C(=N)N)C2)n1. The average Bonchev–Trinajstić information content (AvgIpc) is 2.64. The lowest BCUT2D eigenvalue weighted by molar-refractivity contribution is 0.00141. The Labute approximate surface area is 92.9 Å². The van der Waals surface area contributed by atoms with Gasteiger partial charge in [0.05, 0.1) is 20.2 Å². The van der Waals surface area contributed by atoms with Crippen LogP contribution in [0.25, 0.3) is 0 Å². The van der Waals surface area contributed by atoms with Gasteiger partial charge in [-0.3, -0.25) is 10.3 Å². The summed E-state index contributed by atoms with van der Waals surface area (Å²) in [7, 11) is 1.73. The second-order valence-electron chi connectivity index (χ2n) is 3.75. The monoisotopic (exact) mass is 225 g/mol. The summed E-state index contributed by atoms with van der Waals surface area (Å²) < 4.78 is 5.36. The summed E-state index contributed by atoms with van der Waals surface area (Å²) in [5.41, 5.74) is 5.41. The zero-order valence-corrected chi connectivity index (χ0v) is 9.13. The molecule has 8 nitrogen and oxygen atoms in total. The number of tetrazole rings is 1. The Morgan fingerprint density at radius 1 is 1.69 bits per heavy atom. The molecule has 1 aromatic heterocycles. The molecule has 2 rings (SSSR count). The lowest BCUT2D eigenvalue weighted by Crippen LogP contribution is -2.47. The van der Waals surface area contributed by atoms with E-state index in [1.165, 1.54) is 4.80 Å².